The van der Waals surface area contributed by atoms with E-state index in [1.165, 1.54) is 23.5 Å². The van der Waals surface area contributed by atoms with Crippen molar-refractivity contribution in [1.82, 2.24) is 4.98 Å². The van der Waals surface area contributed by atoms with Gasteiger partial charge in [0.15, 0.2) is 16.6 Å². The van der Waals surface area contributed by atoms with Crippen LogP contribution in [0.25, 0.3) is 10.2 Å². The van der Waals surface area contributed by atoms with Crippen LogP contribution in [0.2, 0.25) is 0 Å². The zero-order valence-corrected chi connectivity index (χ0v) is 14.6. The first-order valence-electron chi connectivity index (χ1n) is 8.05. The summed E-state index contributed by atoms with van der Waals surface area (Å²) >= 11 is 1.26. The molecule has 1 amide bonds. The van der Waals surface area contributed by atoms with E-state index in [1.807, 2.05) is 0 Å². The fourth-order valence-electron chi connectivity index (χ4n) is 2.72. The minimum absolute atomic E-state index is 0.178. The van der Waals surface area contributed by atoms with E-state index >= 15 is 0 Å². The van der Waals surface area contributed by atoms with Crippen molar-refractivity contribution >= 4 is 32.6 Å². The van der Waals surface area contributed by atoms with Crippen LogP contribution in [0, 0.1) is 0 Å². The number of halogens is 3. The standard InChI is InChI=1S/C18H13F3N2O3S/c19-18(20,21)11-3-1-2-10(6-11)7-16(24)23-17-22-12-8-13-14(9-15(12)27-17)26-5-4-25-13/h1-3,6,8-9H,4-5,7H2,(H,22,23,24). The van der Waals surface area contributed by atoms with E-state index < -0.39 is 17.6 Å². The maximum atomic E-state index is 12.8. The van der Waals surface area contributed by atoms with Crippen molar-refractivity contribution in [3.05, 3.63) is 47.5 Å². The lowest BCUT2D eigenvalue weighted by atomic mass is 10.1. The van der Waals surface area contributed by atoms with Gasteiger partial charge in [-0.05, 0) is 11.6 Å². The predicted octanol–water partition coefficient (Wildman–Crippen LogP) is 4.27. The lowest BCUT2D eigenvalue weighted by Gasteiger charge is -2.17. The molecule has 0 aliphatic carbocycles. The largest absolute Gasteiger partial charge is 0.486 e. The number of carbonyl (C=O) groups is 1. The van der Waals surface area contributed by atoms with Gasteiger partial charge in [0.2, 0.25) is 5.91 Å². The van der Waals surface area contributed by atoms with Crippen molar-refractivity contribution in [2.45, 2.75) is 12.6 Å². The molecule has 0 saturated heterocycles. The normalized spacial score (nSPS) is 13.6. The monoisotopic (exact) mass is 394 g/mol. The molecular weight excluding hydrogens is 381 g/mol. The topological polar surface area (TPSA) is 60.5 Å². The van der Waals surface area contributed by atoms with Crippen LogP contribution in [-0.2, 0) is 17.4 Å². The SMILES string of the molecule is O=C(Cc1cccc(C(F)(F)F)c1)Nc1nc2cc3c(cc2s1)OCCO3. The van der Waals surface area contributed by atoms with Gasteiger partial charge in [-0.25, -0.2) is 4.98 Å². The van der Waals surface area contributed by atoms with Crippen molar-refractivity contribution in [2.24, 2.45) is 0 Å². The molecule has 2 aromatic carbocycles. The lowest BCUT2D eigenvalue weighted by Crippen LogP contribution is -2.15. The van der Waals surface area contributed by atoms with Gasteiger partial charge in [0.05, 0.1) is 22.2 Å². The summed E-state index contributed by atoms with van der Waals surface area (Å²) in [4.78, 5) is 16.5. The number of benzene rings is 2. The summed E-state index contributed by atoms with van der Waals surface area (Å²) in [6, 6.07) is 8.25. The van der Waals surface area contributed by atoms with E-state index in [0.29, 0.717) is 35.4 Å². The first-order valence-corrected chi connectivity index (χ1v) is 8.86. The second kappa shape index (κ2) is 6.73. The molecule has 1 aromatic heterocycles. The Morgan fingerprint density at radius 2 is 1.89 bits per heavy atom. The van der Waals surface area contributed by atoms with Gasteiger partial charge in [-0.1, -0.05) is 29.5 Å². The Kier molecular flexibility index (Phi) is 4.39. The predicted molar refractivity (Wildman–Crippen MR) is 94.4 cm³/mol. The van der Waals surface area contributed by atoms with Crippen molar-refractivity contribution in [1.29, 1.82) is 0 Å². The second-order valence-electron chi connectivity index (χ2n) is 5.91. The highest BCUT2D eigenvalue weighted by Gasteiger charge is 2.30. The van der Waals surface area contributed by atoms with Crippen LogP contribution in [0.4, 0.5) is 18.3 Å². The molecule has 0 spiro atoms. The van der Waals surface area contributed by atoms with Crippen molar-refractivity contribution < 1.29 is 27.4 Å². The number of anilines is 1. The molecule has 0 fully saturated rings. The van der Waals surface area contributed by atoms with E-state index in [1.54, 1.807) is 12.1 Å². The summed E-state index contributed by atoms with van der Waals surface area (Å²) in [5.41, 5.74) is 0.151. The molecule has 5 nitrogen and oxygen atoms in total. The lowest BCUT2D eigenvalue weighted by molar-refractivity contribution is -0.137. The Bertz CT molecular complexity index is 974. The van der Waals surface area contributed by atoms with E-state index in [0.717, 1.165) is 16.8 Å². The average molecular weight is 394 g/mol. The van der Waals surface area contributed by atoms with Crippen LogP contribution in [0.15, 0.2) is 36.4 Å². The van der Waals surface area contributed by atoms with Gasteiger partial charge in [-0.3, -0.25) is 4.79 Å². The molecule has 0 unspecified atom stereocenters. The van der Waals surface area contributed by atoms with Gasteiger partial charge >= 0.3 is 6.18 Å². The van der Waals surface area contributed by atoms with E-state index in [2.05, 4.69) is 10.3 Å². The summed E-state index contributed by atoms with van der Waals surface area (Å²) in [5.74, 6) is 0.783. The molecule has 1 aliphatic heterocycles. The Balaban J connectivity index is 1.50. The molecule has 0 atom stereocenters. The van der Waals surface area contributed by atoms with E-state index in [4.69, 9.17) is 9.47 Å². The zero-order valence-electron chi connectivity index (χ0n) is 13.8. The molecule has 27 heavy (non-hydrogen) atoms. The van der Waals surface area contributed by atoms with Gasteiger partial charge in [0.1, 0.15) is 13.2 Å². The van der Waals surface area contributed by atoms with Crippen molar-refractivity contribution in [3.8, 4) is 11.5 Å². The summed E-state index contributed by atoms with van der Waals surface area (Å²) in [7, 11) is 0. The molecule has 0 saturated carbocycles. The Labute approximate surface area is 155 Å². The Morgan fingerprint density at radius 1 is 1.15 bits per heavy atom. The average Bonchev–Trinajstić information content (AvgIpc) is 2.99. The number of alkyl halides is 3. The molecule has 1 aliphatic rings. The quantitative estimate of drug-likeness (QED) is 0.721. The van der Waals surface area contributed by atoms with Crippen LogP contribution in [-0.4, -0.2) is 24.1 Å². The molecule has 1 N–H and O–H groups in total. The number of fused-ring (bicyclic) bond motifs is 2. The minimum atomic E-state index is -4.44. The summed E-state index contributed by atoms with van der Waals surface area (Å²) in [5, 5.41) is 3.00. The number of ether oxygens (including phenoxy) is 2. The molecule has 0 bridgehead atoms. The molecule has 140 valence electrons. The van der Waals surface area contributed by atoms with Crippen molar-refractivity contribution in [3.63, 3.8) is 0 Å². The Morgan fingerprint density at radius 3 is 2.63 bits per heavy atom. The minimum Gasteiger partial charge on any atom is -0.486 e. The highest BCUT2D eigenvalue weighted by molar-refractivity contribution is 7.22. The highest BCUT2D eigenvalue weighted by atomic mass is 32.1. The number of rotatable bonds is 3. The number of amides is 1. The fourth-order valence-corrected chi connectivity index (χ4v) is 3.62. The first-order chi connectivity index (χ1) is 12.9. The third kappa shape index (κ3) is 3.82. The third-order valence-electron chi connectivity index (χ3n) is 3.92. The van der Waals surface area contributed by atoms with Crippen LogP contribution in [0.5, 0.6) is 11.5 Å². The van der Waals surface area contributed by atoms with Gasteiger partial charge in [0, 0.05) is 12.1 Å². The van der Waals surface area contributed by atoms with E-state index in [-0.39, 0.29) is 12.0 Å². The number of nitrogens with one attached hydrogen (secondary N) is 1. The Hall–Kier alpha value is -2.81. The van der Waals surface area contributed by atoms with Crippen molar-refractivity contribution in [2.75, 3.05) is 18.5 Å². The number of nitrogens with zero attached hydrogens (tertiary/aromatic N) is 1. The fraction of sp³-hybridized carbons (Fsp3) is 0.222. The van der Waals surface area contributed by atoms with Gasteiger partial charge in [-0.15, -0.1) is 0 Å². The molecular formula is C18H13F3N2O3S. The van der Waals surface area contributed by atoms with Crippen LogP contribution in [0.3, 0.4) is 0 Å². The maximum absolute atomic E-state index is 12.8. The first kappa shape index (κ1) is 17.6. The molecule has 9 heteroatoms. The number of aromatic nitrogens is 1. The molecule has 2 heterocycles. The van der Waals surface area contributed by atoms with Crippen LogP contribution < -0.4 is 14.8 Å². The van der Waals surface area contributed by atoms with Gasteiger partial charge in [0.25, 0.3) is 0 Å². The number of carbonyl (C=O) groups excluding carboxylic acids is 1. The van der Waals surface area contributed by atoms with Crippen LogP contribution >= 0.6 is 11.3 Å². The summed E-state index contributed by atoms with van der Waals surface area (Å²) in [6.07, 6.45) is -4.62. The number of thiazole rings is 1. The number of hydrogen-bond acceptors (Lipinski definition) is 5. The third-order valence-corrected chi connectivity index (χ3v) is 4.85. The van der Waals surface area contributed by atoms with E-state index in [9.17, 15) is 18.0 Å². The smallest absolute Gasteiger partial charge is 0.416 e. The summed E-state index contributed by atoms with van der Waals surface area (Å²) in [6.45, 7) is 0.932. The summed E-state index contributed by atoms with van der Waals surface area (Å²) < 4.78 is 50.1. The van der Waals surface area contributed by atoms with Crippen LogP contribution in [0.1, 0.15) is 11.1 Å². The maximum Gasteiger partial charge on any atom is 0.416 e. The molecule has 4 rings (SSSR count). The van der Waals surface area contributed by atoms with Gasteiger partial charge < -0.3 is 14.8 Å². The highest BCUT2D eigenvalue weighted by Crippen LogP contribution is 2.38. The number of hydrogen-bond donors (Lipinski definition) is 1. The zero-order chi connectivity index (χ0) is 19.0. The van der Waals surface area contributed by atoms with Gasteiger partial charge in [-0.2, -0.15) is 13.2 Å². The molecule has 3 aromatic rings. The second-order valence-corrected chi connectivity index (χ2v) is 6.94. The molecule has 0 radical (unpaired) electrons.